The van der Waals surface area contributed by atoms with Crippen molar-refractivity contribution in [2.24, 2.45) is 0 Å². The van der Waals surface area contributed by atoms with Gasteiger partial charge in [0.15, 0.2) is 6.29 Å². The molecule has 0 amide bonds. The maximum absolute atomic E-state index is 5.53. The fourth-order valence-electron chi connectivity index (χ4n) is 1.39. The molecule has 0 aliphatic carbocycles. The van der Waals surface area contributed by atoms with E-state index >= 15 is 0 Å². The quantitative estimate of drug-likeness (QED) is 0.619. The average Bonchev–Trinajstić information content (AvgIpc) is 2.25. The third-order valence-corrected chi connectivity index (χ3v) is 2.50. The van der Waals surface area contributed by atoms with Crippen LogP contribution in [0.2, 0.25) is 0 Å². The lowest BCUT2D eigenvalue weighted by Crippen LogP contribution is -2.24. The molecule has 14 heavy (non-hydrogen) atoms. The molecule has 2 atom stereocenters. The van der Waals surface area contributed by atoms with Crippen molar-refractivity contribution in [3.05, 3.63) is 0 Å². The molecular formula is C11H22O3. The number of ether oxygens (including phenoxy) is 3. The molecule has 3 nitrogen and oxygen atoms in total. The first-order valence-electron chi connectivity index (χ1n) is 5.67. The topological polar surface area (TPSA) is 27.7 Å². The van der Waals surface area contributed by atoms with Gasteiger partial charge in [0.25, 0.3) is 0 Å². The highest BCUT2D eigenvalue weighted by Crippen LogP contribution is 2.13. The molecule has 0 saturated carbocycles. The van der Waals surface area contributed by atoms with Crippen molar-refractivity contribution in [3.8, 4) is 0 Å². The molecule has 1 saturated heterocycles. The molecule has 0 aromatic rings. The summed E-state index contributed by atoms with van der Waals surface area (Å²) in [5.74, 6) is 0. The third-order valence-electron chi connectivity index (χ3n) is 2.50. The van der Waals surface area contributed by atoms with Gasteiger partial charge in [0.2, 0.25) is 0 Å². The lowest BCUT2D eigenvalue weighted by atomic mass is 10.2. The molecule has 1 aliphatic rings. The smallest absolute Gasteiger partial charge is 0.157 e. The van der Waals surface area contributed by atoms with Crippen LogP contribution < -0.4 is 0 Å². The van der Waals surface area contributed by atoms with Crippen LogP contribution in [0.5, 0.6) is 0 Å². The molecule has 1 rings (SSSR count). The zero-order chi connectivity index (χ0) is 10.2. The van der Waals surface area contributed by atoms with E-state index in [1.165, 1.54) is 12.8 Å². The van der Waals surface area contributed by atoms with Crippen LogP contribution in [0.15, 0.2) is 0 Å². The van der Waals surface area contributed by atoms with E-state index in [0.717, 1.165) is 19.4 Å². The Morgan fingerprint density at radius 3 is 2.86 bits per heavy atom. The Morgan fingerprint density at radius 1 is 1.36 bits per heavy atom. The summed E-state index contributed by atoms with van der Waals surface area (Å²) in [7, 11) is 0. The van der Waals surface area contributed by atoms with Crippen LogP contribution in [0.3, 0.4) is 0 Å². The van der Waals surface area contributed by atoms with Gasteiger partial charge in [-0.1, -0.05) is 6.92 Å². The van der Waals surface area contributed by atoms with E-state index in [1.807, 2.05) is 0 Å². The van der Waals surface area contributed by atoms with E-state index in [0.29, 0.717) is 19.3 Å². The van der Waals surface area contributed by atoms with Crippen molar-refractivity contribution in [3.63, 3.8) is 0 Å². The Balaban J connectivity index is 1.92. The molecule has 1 heterocycles. The van der Waals surface area contributed by atoms with E-state index < -0.39 is 0 Å². The summed E-state index contributed by atoms with van der Waals surface area (Å²) in [6.45, 7) is 6.37. The monoisotopic (exact) mass is 202 g/mol. The SMILES string of the molecule is CCC(C)OCCOC1CCCCO1. The van der Waals surface area contributed by atoms with E-state index in [4.69, 9.17) is 14.2 Å². The summed E-state index contributed by atoms with van der Waals surface area (Å²) in [5, 5.41) is 0. The normalized spacial score (nSPS) is 24.9. The van der Waals surface area contributed by atoms with Crippen LogP contribution in [0, 0.1) is 0 Å². The van der Waals surface area contributed by atoms with E-state index in [1.54, 1.807) is 0 Å². The number of hydrogen-bond acceptors (Lipinski definition) is 3. The molecule has 3 heteroatoms. The van der Waals surface area contributed by atoms with Crippen LogP contribution in [0.25, 0.3) is 0 Å². The molecule has 0 spiro atoms. The molecular weight excluding hydrogens is 180 g/mol. The Bertz CT molecular complexity index is 132. The summed E-state index contributed by atoms with van der Waals surface area (Å²) in [4.78, 5) is 0. The maximum Gasteiger partial charge on any atom is 0.157 e. The Labute approximate surface area is 86.7 Å². The molecule has 0 aromatic heterocycles. The standard InChI is InChI=1S/C11H22O3/c1-3-10(2)12-8-9-14-11-6-4-5-7-13-11/h10-11H,3-9H2,1-2H3. The zero-order valence-electron chi connectivity index (χ0n) is 9.33. The summed E-state index contributed by atoms with van der Waals surface area (Å²) in [5.41, 5.74) is 0. The molecule has 0 N–H and O–H groups in total. The van der Waals surface area contributed by atoms with E-state index in [2.05, 4.69) is 13.8 Å². The third kappa shape index (κ3) is 4.94. The second-order valence-electron chi connectivity index (χ2n) is 3.76. The van der Waals surface area contributed by atoms with Gasteiger partial charge >= 0.3 is 0 Å². The number of rotatable bonds is 6. The average molecular weight is 202 g/mol. The second kappa shape index (κ2) is 7.21. The molecule has 0 aromatic carbocycles. The highest BCUT2D eigenvalue weighted by atomic mass is 16.7. The molecule has 1 aliphatic heterocycles. The second-order valence-corrected chi connectivity index (χ2v) is 3.76. The van der Waals surface area contributed by atoms with Gasteiger partial charge < -0.3 is 14.2 Å². The highest BCUT2D eigenvalue weighted by Gasteiger charge is 2.13. The van der Waals surface area contributed by atoms with Gasteiger partial charge in [-0.05, 0) is 32.6 Å². The minimum atomic E-state index is 0.0179. The molecule has 0 bridgehead atoms. The predicted molar refractivity (Wildman–Crippen MR) is 55.2 cm³/mol. The fraction of sp³-hybridized carbons (Fsp3) is 1.00. The molecule has 2 unspecified atom stereocenters. The minimum Gasteiger partial charge on any atom is -0.376 e. The highest BCUT2D eigenvalue weighted by molar-refractivity contribution is 4.54. The Hall–Kier alpha value is -0.120. The van der Waals surface area contributed by atoms with Gasteiger partial charge in [0.05, 0.1) is 19.3 Å². The lowest BCUT2D eigenvalue weighted by molar-refractivity contribution is -0.171. The van der Waals surface area contributed by atoms with Crippen molar-refractivity contribution in [1.29, 1.82) is 0 Å². The van der Waals surface area contributed by atoms with Crippen molar-refractivity contribution < 1.29 is 14.2 Å². The van der Waals surface area contributed by atoms with Crippen LogP contribution in [0.1, 0.15) is 39.5 Å². The van der Waals surface area contributed by atoms with Gasteiger partial charge in [-0.3, -0.25) is 0 Å². The summed E-state index contributed by atoms with van der Waals surface area (Å²) in [6, 6.07) is 0. The Kier molecular flexibility index (Phi) is 6.15. The fourth-order valence-corrected chi connectivity index (χ4v) is 1.39. The minimum absolute atomic E-state index is 0.0179. The molecule has 84 valence electrons. The van der Waals surface area contributed by atoms with Gasteiger partial charge in [0.1, 0.15) is 0 Å². The summed E-state index contributed by atoms with van der Waals surface area (Å²) >= 11 is 0. The van der Waals surface area contributed by atoms with Crippen molar-refractivity contribution >= 4 is 0 Å². The summed E-state index contributed by atoms with van der Waals surface area (Å²) < 4.78 is 16.5. The van der Waals surface area contributed by atoms with Gasteiger partial charge in [0, 0.05) is 6.61 Å². The lowest BCUT2D eigenvalue weighted by Gasteiger charge is -2.22. The van der Waals surface area contributed by atoms with Crippen LogP contribution in [-0.2, 0) is 14.2 Å². The van der Waals surface area contributed by atoms with E-state index in [9.17, 15) is 0 Å². The van der Waals surface area contributed by atoms with E-state index in [-0.39, 0.29) is 6.29 Å². The van der Waals surface area contributed by atoms with Crippen LogP contribution in [0.4, 0.5) is 0 Å². The first-order chi connectivity index (χ1) is 6.83. The molecule has 0 radical (unpaired) electrons. The van der Waals surface area contributed by atoms with Gasteiger partial charge in [-0.2, -0.15) is 0 Å². The van der Waals surface area contributed by atoms with Crippen LogP contribution >= 0.6 is 0 Å². The van der Waals surface area contributed by atoms with Crippen molar-refractivity contribution in [2.45, 2.75) is 51.9 Å². The Morgan fingerprint density at radius 2 is 2.21 bits per heavy atom. The predicted octanol–water partition coefficient (Wildman–Crippen LogP) is 2.34. The zero-order valence-corrected chi connectivity index (χ0v) is 9.33. The van der Waals surface area contributed by atoms with Crippen LogP contribution in [-0.4, -0.2) is 32.2 Å². The molecule has 1 fully saturated rings. The maximum atomic E-state index is 5.53. The first-order valence-corrected chi connectivity index (χ1v) is 5.67. The van der Waals surface area contributed by atoms with Gasteiger partial charge in [-0.25, -0.2) is 0 Å². The first kappa shape index (κ1) is 12.0. The van der Waals surface area contributed by atoms with Gasteiger partial charge in [-0.15, -0.1) is 0 Å². The van der Waals surface area contributed by atoms with Crippen molar-refractivity contribution in [1.82, 2.24) is 0 Å². The number of hydrogen-bond donors (Lipinski definition) is 0. The van der Waals surface area contributed by atoms with Crippen molar-refractivity contribution in [2.75, 3.05) is 19.8 Å². The largest absolute Gasteiger partial charge is 0.376 e. The summed E-state index contributed by atoms with van der Waals surface area (Å²) in [6.07, 6.45) is 4.83.